The van der Waals surface area contributed by atoms with Crippen LogP contribution in [0, 0.1) is 0 Å². The first-order valence-electron chi connectivity index (χ1n) is 8.36. The number of ether oxygens (including phenoxy) is 1. The third-order valence-corrected chi connectivity index (χ3v) is 5.51. The van der Waals surface area contributed by atoms with Crippen molar-refractivity contribution in [3.05, 3.63) is 47.8 Å². The van der Waals surface area contributed by atoms with Crippen molar-refractivity contribution in [2.45, 2.75) is 50.2 Å². The summed E-state index contributed by atoms with van der Waals surface area (Å²) in [5.41, 5.74) is 1.92. The maximum absolute atomic E-state index is 12.5. The van der Waals surface area contributed by atoms with Crippen molar-refractivity contribution in [3.63, 3.8) is 0 Å². The molecule has 0 bridgehead atoms. The summed E-state index contributed by atoms with van der Waals surface area (Å²) in [6.07, 6.45) is 7.05. The van der Waals surface area contributed by atoms with Crippen LogP contribution in [0.5, 0.6) is 5.75 Å². The average molecular weight is 332 g/mol. The summed E-state index contributed by atoms with van der Waals surface area (Å²) in [5, 5.41) is 4.62. The van der Waals surface area contributed by atoms with Crippen LogP contribution in [0.2, 0.25) is 0 Å². The van der Waals surface area contributed by atoms with Gasteiger partial charge in [0.15, 0.2) is 0 Å². The highest BCUT2D eigenvalue weighted by Gasteiger charge is 2.18. The quantitative estimate of drug-likeness (QED) is 0.773. The lowest BCUT2D eigenvalue weighted by atomic mass is 10.2. The van der Waals surface area contributed by atoms with Crippen molar-refractivity contribution >= 4 is 10.8 Å². The highest BCUT2D eigenvalue weighted by atomic mass is 32.2. The zero-order chi connectivity index (χ0) is 16.1. The number of benzene rings is 1. The van der Waals surface area contributed by atoms with Gasteiger partial charge < -0.3 is 4.74 Å². The van der Waals surface area contributed by atoms with E-state index in [-0.39, 0.29) is 0 Å². The van der Waals surface area contributed by atoms with Gasteiger partial charge in [-0.2, -0.15) is 5.10 Å². The molecule has 1 aromatic carbocycles. The second-order valence-electron chi connectivity index (χ2n) is 5.99. The minimum Gasteiger partial charge on any atom is -0.494 e. The number of aromatic nitrogens is 2. The standard InChI is InChI=1S/C18H24N2O2S/c1-2-22-18-10-6-3-7-15(18)13-23(21)14-16-11-12-20(19-16)17-8-4-5-9-17/h3,6-7,10-12,17H,2,4-5,8-9,13-14H2,1H3/t23-/m0/s1. The molecule has 1 aromatic heterocycles. The van der Waals surface area contributed by atoms with E-state index in [0.717, 1.165) is 17.0 Å². The largest absolute Gasteiger partial charge is 0.494 e. The van der Waals surface area contributed by atoms with Crippen molar-refractivity contribution in [2.24, 2.45) is 0 Å². The fourth-order valence-corrected chi connectivity index (χ4v) is 4.31. The lowest BCUT2D eigenvalue weighted by Gasteiger charge is -2.10. The van der Waals surface area contributed by atoms with E-state index in [1.165, 1.54) is 25.7 Å². The van der Waals surface area contributed by atoms with Gasteiger partial charge in [0, 0.05) is 22.6 Å². The van der Waals surface area contributed by atoms with Crippen LogP contribution < -0.4 is 4.74 Å². The van der Waals surface area contributed by atoms with Gasteiger partial charge in [0.1, 0.15) is 5.75 Å². The fraction of sp³-hybridized carbons (Fsp3) is 0.500. The zero-order valence-electron chi connectivity index (χ0n) is 13.6. The monoisotopic (exact) mass is 332 g/mol. The molecule has 2 aromatic rings. The number of hydrogen-bond donors (Lipinski definition) is 0. The Morgan fingerprint density at radius 3 is 2.78 bits per heavy atom. The van der Waals surface area contributed by atoms with E-state index in [0.29, 0.717) is 24.2 Å². The molecule has 0 amide bonds. The normalized spacial score (nSPS) is 16.6. The summed E-state index contributed by atoms with van der Waals surface area (Å²) in [6, 6.07) is 10.4. The summed E-state index contributed by atoms with van der Waals surface area (Å²) in [4.78, 5) is 0. The topological polar surface area (TPSA) is 44.1 Å². The molecule has 1 aliphatic rings. The second kappa shape index (κ2) is 7.77. The van der Waals surface area contributed by atoms with E-state index < -0.39 is 10.8 Å². The van der Waals surface area contributed by atoms with Crippen molar-refractivity contribution in [1.29, 1.82) is 0 Å². The first kappa shape index (κ1) is 16.2. The maximum atomic E-state index is 12.5. The lowest BCUT2D eigenvalue weighted by molar-refractivity contribution is 0.337. The summed E-state index contributed by atoms with van der Waals surface area (Å²) >= 11 is 0. The molecule has 0 saturated heterocycles. The van der Waals surface area contributed by atoms with E-state index in [1.807, 2.05) is 43.5 Å². The minimum absolute atomic E-state index is 0.500. The van der Waals surface area contributed by atoms with Gasteiger partial charge in [0.05, 0.1) is 29.8 Å². The van der Waals surface area contributed by atoms with Crippen LogP contribution in [0.1, 0.15) is 49.9 Å². The third kappa shape index (κ3) is 4.22. The van der Waals surface area contributed by atoms with Crippen LogP contribution in [0.3, 0.4) is 0 Å². The van der Waals surface area contributed by atoms with Gasteiger partial charge in [-0.25, -0.2) is 0 Å². The SMILES string of the molecule is CCOc1ccccc1C[S@](=O)Cc1ccn(C2CCCC2)n1. The molecule has 1 aliphatic carbocycles. The molecule has 1 fully saturated rings. The predicted molar refractivity (Wildman–Crippen MR) is 92.9 cm³/mol. The molecule has 1 heterocycles. The molecule has 124 valence electrons. The molecule has 0 spiro atoms. The van der Waals surface area contributed by atoms with Gasteiger partial charge in [-0.3, -0.25) is 8.89 Å². The Kier molecular flexibility index (Phi) is 5.49. The van der Waals surface area contributed by atoms with E-state index in [4.69, 9.17) is 4.74 Å². The molecule has 1 saturated carbocycles. The zero-order valence-corrected chi connectivity index (χ0v) is 14.4. The number of nitrogens with zero attached hydrogens (tertiary/aromatic N) is 2. The fourth-order valence-electron chi connectivity index (χ4n) is 3.14. The molecule has 0 unspecified atom stereocenters. The summed E-state index contributed by atoms with van der Waals surface area (Å²) < 4.78 is 20.1. The predicted octanol–water partition coefficient (Wildman–Crippen LogP) is 3.85. The number of para-hydroxylation sites is 1. The van der Waals surface area contributed by atoms with Crippen molar-refractivity contribution in [1.82, 2.24) is 9.78 Å². The van der Waals surface area contributed by atoms with E-state index >= 15 is 0 Å². The lowest BCUT2D eigenvalue weighted by Crippen LogP contribution is -2.07. The number of hydrogen-bond acceptors (Lipinski definition) is 3. The van der Waals surface area contributed by atoms with Crippen LogP contribution in [-0.2, 0) is 22.3 Å². The Hall–Kier alpha value is -1.62. The summed E-state index contributed by atoms with van der Waals surface area (Å²) in [5.74, 6) is 1.84. The van der Waals surface area contributed by atoms with Gasteiger partial charge in [-0.15, -0.1) is 0 Å². The molecular weight excluding hydrogens is 308 g/mol. The van der Waals surface area contributed by atoms with Gasteiger partial charge in [0.25, 0.3) is 0 Å². The van der Waals surface area contributed by atoms with Crippen molar-refractivity contribution < 1.29 is 8.95 Å². The first-order valence-corrected chi connectivity index (χ1v) is 9.84. The van der Waals surface area contributed by atoms with Crippen LogP contribution in [0.25, 0.3) is 0 Å². The summed E-state index contributed by atoms with van der Waals surface area (Å²) in [6.45, 7) is 2.58. The van der Waals surface area contributed by atoms with Gasteiger partial charge in [-0.1, -0.05) is 31.0 Å². The maximum Gasteiger partial charge on any atom is 0.123 e. The van der Waals surface area contributed by atoms with Gasteiger partial charge in [0.2, 0.25) is 0 Å². The second-order valence-corrected chi connectivity index (χ2v) is 7.45. The molecule has 0 aliphatic heterocycles. The highest BCUT2D eigenvalue weighted by Crippen LogP contribution is 2.29. The molecule has 3 rings (SSSR count). The molecule has 23 heavy (non-hydrogen) atoms. The Morgan fingerprint density at radius 1 is 1.22 bits per heavy atom. The Bertz CT molecular complexity index is 663. The molecule has 5 heteroatoms. The van der Waals surface area contributed by atoms with E-state index in [1.54, 1.807) is 0 Å². The highest BCUT2D eigenvalue weighted by molar-refractivity contribution is 7.83. The molecular formula is C18H24N2O2S. The van der Waals surface area contributed by atoms with Crippen LogP contribution >= 0.6 is 0 Å². The van der Waals surface area contributed by atoms with E-state index in [9.17, 15) is 4.21 Å². The molecule has 0 radical (unpaired) electrons. The molecule has 0 N–H and O–H groups in total. The molecule has 4 nitrogen and oxygen atoms in total. The van der Waals surface area contributed by atoms with Gasteiger partial charge in [-0.05, 0) is 31.9 Å². The molecule has 1 atom stereocenters. The Balaban J connectivity index is 1.61. The van der Waals surface area contributed by atoms with Crippen molar-refractivity contribution in [3.8, 4) is 5.75 Å². The van der Waals surface area contributed by atoms with Crippen molar-refractivity contribution in [2.75, 3.05) is 6.61 Å². The van der Waals surface area contributed by atoms with Crippen LogP contribution in [0.15, 0.2) is 36.5 Å². The smallest absolute Gasteiger partial charge is 0.123 e. The van der Waals surface area contributed by atoms with E-state index in [2.05, 4.69) is 9.78 Å². The van der Waals surface area contributed by atoms with Gasteiger partial charge >= 0.3 is 0 Å². The average Bonchev–Trinajstić information content (AvgIpc) is 3.20. The third-order valence-electron chi connectivity index (χ3n) is 4.26. The Morgan fingerprint density at radius 2 is 2.00 bits per heavy atom. The Labute approximate surface area is 140 Å². The van der Waals surface area contributed by atoms with Crippen LogP contribution in [0.4, 0.5) is 0 Å². The minimum atomic E-state index is -0.980. The number of rotatable bonds is 7. The van der Waals surface area contributed by atoms with Crippen LogP contribution in [-0.4, -0.2) is 20.6 Å². The summed E-state index contributed by atoms with van der Waals surface area (Å²) in [7, 11) is -0.980. The first-order chi connectivity index (χ1) is 11.3.